The fourth-order valence-corrected chi connectivity index (χ4v) is 4.49. The van der Waals surface area contributed by atoms with Crippen LogP contribution in [0, 0.1) is 10.8 Å². The number of hydrogen-bond acceptors (Lipinski definition) is 10. The lowest BCUT2D eigenvalue weighted by Crippen LogP contribution is -2.79. The van der Waals surface area contributed by atoms with Crippen molar-refractivity contribution < 1.29 is 38.1 Å². The molecule has 0 bridgehead atoms. The topological polar surface area (TPSA) is 136 Å². The van der Waals surface area contributed by atoms with Crippen LogP contribution < -0.4 is 10.6 Å². The molecule has 2 amide bonds. The minimum absolute atomic E-state index is 0.371. The van der Waals surface area contributed by atoms with Gasteiger partial charge in [-0.3, -0.25) is 10.6 Å². The summed E-state index contributed by atoms with van der Waals surface area (Å²) in [7, 11) is 0. The molecular weight excluding hydrogens is 448 g/mol. The first-order chi connectivity index (χ1) is 15.6. The minimum atomic E-state index is -1.10. The van der Waals surface area contributed by atoms with Crippen LogP contribution in [0.4, 0.5) is 9.59 Å². The van der Waals surface area contributed by atoms with E-state index in [-0.39, 0.29) is 0 Å². The van der Waals surface area contributed by atoms with E-state index >= 15 is 0 Å². The summed E-state index contributed by atoms with van der Waals surface area (Å²) in [5.41, 5.74) is -2.04. The van der Waals surface area contributed by atoms with Gasteiger partial charge in [0, 0.05) is 39.3 Å². The quantitative estimate of drug-likeness (QED) is 0.323. The molecule has 0 aliphatic carbocycles. The van der Waals surface area contributed by atoms with Crippen LogP contribution in [0.5, 0.6) is 0 Å². The van der Waals surface area contributed by atoms with Crippen LogP contribution in [0.1, 0.15) is 41.5 Å². The van der Waals surface area contributed by atoms with Crippen molar-refractivity contribution in [2.24, 2.45) is 10.8 Å². The van der Waals surface area contributed by atoms with E-state index in [9.17, 15) is 19.2 Å². The van der Waals surface area contributed by atoms with Gasteiger partial charge in [-0.05, 0) is 41.5 Å². The summed E-state index contributed by atoms with van der Waals surface area (Å²) >= 11 is 0. The summed E-state index contributed by atoms with van der Waals surface area (Å²) in [6, 6.07) is 0. The van der Waals surface area contributed by atoms with Gasteiger partial charge in [0.15, 0.2) is 12.5 Å². The van der Waals surface area contributed by atoms with Gasteiger partial charge in [-0.2, -0.15) is 0 Å². The largest absolute Gasteiger partial charge is 0.444 e. The lowest BCUT2D eigenvalue weighted by molar-refractivity contribution is -0.216. The number of carbonyl (C=O) groups excluding carboxylic acids is 4. The molecule has 2 unspecified atom stereocenters. The van der Waals surface area contributed by atoms with Crippen LogP contribution in [0.25, 0.3) is 0 Å². The molecule has 2 spiro atoms. The first kappa shape index (κ1) is 24.5. The molecule has 4 rings (SSSR count). The number of rotatable bonds is 2. The molecule has 4 aliphatic heterocycles. The van der Waals surface area contributed by atoms with E-state index in [2.05, 4.69) is 10.6 Å². The molecule has 190 valence electrons. The smallest absolute Gasteiger partial charge is 0.419 e. The standard InChI is InChI=1S/C22H34N4O8/c1-19(2,3)33-17(29)25-9-21(10-25)7-23-15(21)31-13(27)14(28)32-16-22(8-24-16)11-26(12-22)18(30)34-20(4,5)6/h15-16,23-24H,7-12H2,1-6H3. The first-order valence-corrected chi connectivity index (χ1v) is 11.5. The molecule has 0 aromatic heterocycles. The Morgan fingerprint density at radius 2 is 1.00 bits per heavy atom. The molecule has 0 aromatic rings. The Morgan fingerprint density at radius 3 is 1.24 bits per heavy atom. The zero-order valence-corrected chi connectivity index (χ0v) is 20.6. The van der Waals surface area contributed by atoms with Crippen molar-refractivity contribution in [1.82, 2.24) is 20.4 Å². The van der Waals surface area contributed by atoms with Crippen LogP contribution in [0.2, 0.25) is 0 Å². The Hall–Kier alpha value is -2.60. The molecule has 4 aliphatic rings. The van der Waals surface area contributed by atoms with Crippen molar-refractivity contribution in [2.75, 3.05) is 39.3 Å². The molecule has 4 heterocycles. The van der Waals surface area contributed by atoms with Crippen LogP contribution in [-0.4, -0.2) is 96.9 Å². The zero-order valence-electron chi connectivity index (χ0n) is 20.6. The van der Waals surface area contributed by atoms with Crippen LogP contribution in [0.3, 0.4) is 0 Å². The van der Waals surface area contributed by atoms with Crippen molar-refractivity contribution in [3.05, 3.63) is 0 Å². The van der Waals surface area contributed by atoms with Gasteiger partial charge in [0.05, 0.1) is 10.8 Å². The monoisotopic (exact) mass is 482 g/mol. The van der Waals surface area contributed by atoms with Gasteiger partial charge in [-0.15, -0.1) is 0 Å². The Kier molecular flexibility index (Phi) is 5.75. The second kappa shape index (κ2) is 7.98. The normalized spacial score (nSPS) is 26.4. The lowest BCUT2D eigenvalue weighted by atomic mass is 9.72. The molecule has 34 heavy (non-hydrogen) atoms. The van der Waals surface area contributed by atoms with Gasteiger partial charge >= 0.3 is 24.1 Å². The number of amides is 2. The molecule has 0 saturated carbocycles. The second-order valence-corrected chi connectivity index (χ2v) is 11.7. The van der Waals surface area contributed by atoms with Gasteiger partial charge < -0.3 is 28.7 Å². The van der Waals surface area contributed by atoms with Gasteiger partial charge in [-0.25, -0.2) is 19.2 Å². The molecular formula is C22H34N4O8. The van der Waals surface area contributed by atoms with Gasteiger partial charge in [-0.1, -0.05) is 0 Å². The number of ether oxygens (including phenoxy) is 4. The fourth-order valence-electron chi connectivity index (χ4n) is 4.49. The number of likely N-dealkylation sites (tertiary alicyclic amines) is 2. The average Bonchev–Trinajstić information content (AvgIpc) is 2.56. The van der Waals surface area contributed by atoms with Crippen LogP contribution in [0.15, 0.2) is 0 Å². The van der Waals surface area contributed by atoms with Gasteiger partial charge in [0.2, 0.25) is 0 Å². The highest BCUT2D eigenvalue weighted by atomic mass is 16.6. The van der Waals surface area contributed by atoms with Crippen molar-refractivity contribution in [3.63, 3.8) is 0 Å². The molecule has 12 heteroatoms. The van der Waals surface area contributed by atoms with E-state index in [4.69, 9.17) is 18.9 Å². The summed E-state index contributed by atoms with van der Waals surface area (Å²) in [6.07, 6.45) is -2.20. The summed E-state index contributed by atoms with van der Waals surface area (Å²) in [6.45, 7) is 13.4. The maximum Gasteiger partial charge on any atom is 0.419 e. The summed E-state index contributed by atoms with van der Waals surface area (Å²) in [5, 5.41) is 5.97. The SMILES string of the molecule is CC(C)(C)OC(=O)N1CC2(CNC2OC(=O)C(=O)OC2NCC23CN(C(=O)OC(C)(C)C)C3)C1. The van der Waals surface area contributed by atoms with Crippen molar-refractivity contribution in [3.8, 4) is 0 Å². The summed E-state index contributed by atoms with van der Waals surface area (Å²) < 4.78 is 21.3. The number of carbonyl (C=O) groups is 4. The summed E-state index contributed by atoms with van der Waals surface area (Å²) in [5.74, 6) is -2.20. The maximum absolute atomic E-state index is 12.3. The number of esters is 2. The lowest BCUT2D eigenvalue weighted by Gasteiger charge is -2.59. The second-order valence-electron chi connectivity index (χ2n) is 11.7. The molecule has 2 atom stereocenters. The first-order valence-electron chi connectivity index (χ1n) is 11.5. The minimum Gasteiger partial charge on any atom is -0.444 e. The van der Waals surface area contributed by atoms with E-state index in [0.29, 0.717) is 39.3 Å². The molecule has 12 nitrogen and oxygen atoms in total. The predicted molar refractivity (Wildman–Crippen MR) is 116 cm³/mol. The van der Waals surface area contributed by atoms with E-state index in [1.807, 2.05) is 0 Å². The van der Waals surface area contributed by atoms with E-state index in [1.54, 1.807) is 51.3 Å². The van der Waals surface area contributed by atoms with Crippen LogP contribution in [-0.2, 0) is 28.5 Å². The molecule has 4 fully saturated rings. The van der Waals surface area contributed by atoms with E-state index < -0.39 is 58.6 Å². The van der Waals surface area contributed by atoms with E-state index in [1.165, 1.54) is 0 Å². The highest BCUT2D eigenvalue weighted by Gasteiger charge is 2.61. The van der Waals surface area contributed by atoms with Gasteiger partial charge in [0.25, 0.3) is 0 Å². The van der Waals surface area contributed by atoms with Crippen molar-refractivity contribution in [1.29, 1.82) is 0 Å². The average molecular weight is 483 g/mol. The Labute approximate surface area is 198 Å². The number of nitrogens with zero attached hydrogens (tertiary/aromatic N) is 2. The number of nitrogens with one attached hydrogen (secondary N) is 2. The third kappa shape index (κ3) is 4.65. The molecule has 2 N–H and O–H groups in total. The Bertz CT molecular complexity index is 808. The van der Waals surface area contributed by atoms with Gasteiger partial charge in [0.1, 0.15) is 11.2 Å². The van der Waals surface area contributed by atoms with Crippen molar-refractivity contribution >= 4 is 24.1 Å². The number of hydrogen-bond donors (Lipinski definition) is 2. The molecule has 4 saturated heterocycles. The zero-order chi connectivity index (χ0) is 25.1. The third-order valence-electron chi connectivity index (χ3n) is 6.33. The Morgan fingerprint density at radius 1 is 0.676 bits per heavy atom. The molecule has 0 radical (unpaired) electrons. The third-order valence-corrected chi connectivity index (χ3v) is 6.33. The predicted octanol–water partition coefficient (Wildman–Crippen LogP) is 0.406. The fraction of sp³-hybridized carbons (Fsp3) is 0.818. The van der Waals surface area contributed by atoms with E-state index in [0.717, 1.165) is 0 Å². The van der Waals surface area contributed by atoms with Crippen molar-refractivity contribution in [2.45, 2.75) is 65.2 Å². The molecule has 0 aromatic carbocycles. The highest BCUT2D eigenvalue weighted by Crippen LogP contribution is 2.42. The Balaban J connectivity index is 1.21. The summed E-state index contributed by atoms with van der Waals surface area (Å²) in [4.78, 5) is 52.1. The van der Waals surface area contributed by atoms with Crippen LogP contribution >= 0.6 is 0 Å². The maximum atomic E-state index is 12.3. The highest BCUT2D eigenvalue weighted by molar-refractivity contribution is 6.29.